The van der Waals surface area contributed by atoms with E-state index < -0.39 is 19.1 Å². The Morgan fingerprint density at radius 2 is 1.70 bits per heavy atom. The van der Waals surface area contributed by atoms with Gasteiger partial charge in [-0.05, 0) is 12.1 Å². The van der Waals surface area contributed by atoms with Crippen molar-refractivity contribution in [2.45, 2.75) is 0 Å². The van der Waals surface area contributed by atoms with Gasteiger partial charge in [-0.1, -0.05) is 12.1 Å². The molecule has 2 aromatic rings. The number of halogens is 1. The third-order valence-electron chi connectivity index (χ3n) is 1.98. The van der Waals surface area contributed by atoms with Crippen molar-refractivity contribution in [2.75, 3.05) is 17.2 Å². The first kappa shape index (κ1) is 16.7. The molecule has 0 amide bonds. The van der Waals surface area contributed by atoms with Gasteiger partial charge in [0.05, 0.1) is 18.2 Å². The lowest BCUT2D eigenvalue weighted by Crippen LogP contribution is -2.09. The van der Waals surface area contributed by atoms with Gasteiger partial charge in [0, 0.05) is 33.8 Å². The zero-order valence-electron chi connectivity index (χ0n) is 10.7. The molecule has 1 aromatic heterocycles. The molecule has 0 saturated heterocycles. The Morgan fingerprint density at radius 3 is 2.25 bits per heavy atom. The Kier molecular flexibility index (Phi) is 5.32. The lowest BCUT2D eigenvalue weighted by atomic mass is 10.1. The first-order valence-corrected chi connectivity index (χ1v) is 9.87. The van der Waals surface area contributed by atoms with Crippen LogP contribution in [0.4, 0.5) is 5.69 Å². The molecule has 0 radical (unpaired) electrons. The predicted molar refractivity (Wildman–Crippen MR) is 80.9 cm³/mol. The molecule has 0 bridgehead atoms. The van der Waals surface area contributed by atoms with Crippen LogP contribution in [0.2, 0.25) is 0 Å². The molecular formula is C11H13ClN2O4S2. The summed E-state index contributed by atoms with van der Waals surface area (Å²) in [5.41, 5.74) is 0.581. The molecule has 1 N–H and O–H groups in total. The summed E-state index contributed by atoms with van der Waals surface area (Å²) < 4.78 is 43.5. The van der Waals surface area contributed by atoms with Crippen LogP contribution in [0, 0.1) is 0 Å². The number of benzene rings is 1. The number of sulfonamides is 1. The van der Waals surface area contributed by atoms with Crippen molar-refractivity contribution < 1.29 is 16.8 Å². The number of hydrogen-bond donors (Lipinski definition) is 1. The Bertz CT molecular complexity index is 791. The molecule has 0 atom stereocenters. The number of rotatable bonds is 2. The maximum absolute atomic E-state index is 11.1. The molecule has 0 saturated carbocycles. The van der Waals surface area contributed by atoms with E-state index >= 15 is 0 Å². The fourth-order valence-corrected chi connectivity index (χ4v) is 1.99. The minimum Gasteiger partial charge on any atom is -0.283 e. The van der Waals surface area contributed by atoms with Crippen molar-refractivity contribution in [3.05, 3.63) is 36.7 Å². The van der Waals surface area contributed by atoms with Crippen molar-refractivity contribution in [1.82, 2.24) is 4.98 Å². The number of anilines is 1. The lowest BCUT2D eigenvalue weighted by Gasteiger charge is -2.06. The van der Waals surface area contributed by atoms with Crippen molar-refractivity contribution in [3.63, 3.8) is 0 Å². The van der Waals surface area contributed by atoms with Crippen molar-refractivity contribution in [1.29, 1.82) is 0 Å². The van der Waals surface area contributed by atoms with Gasteiger partial charge in [-0.15, -0.1) is 0 Å². The summed E-state index contributed by atoms with van der Waals surface area (Å²) in [4.78, 5) is 3.97. The average molecular weight is 337 g/mol. The summed E-state index contributed by atoms with van der Waals surface area (Å²) in [5, 5.41) is 1.75. The van der Waals surface area contributed by atoms with Crippen LogP contribution in [0.1, 0.15) is 0 Å². The Morgan fingerprint density at radius 1 is 1.10 bits per heavy atom. The number of aromatic nitrogens is 1. The molecule has 0 fully saturated rings. The van der Waals surface area contributed by atoms with Crippen LogP contribution >= 0.6 is 10.7 Å². The molecule has 9 heteroatoms. The van der Waals surface area contributed by atoms with Crippen LogP contribution in [0.3, 0.4) is 0 Å². The molecule has 0 aliphatic rings. The predicted octanol–water partition coefficient (Wildman–Crippen LogP) is 1.79. The van der Waals surface area contributed by atoms with E-state index in [0.717, 1.165) is 23.3 Å². The fourth-order valence-electron chi connectivity index (χ4n) is 1.41. The highest BCUT2D eigenvalue weighted by Gasteiger charge is 2.05. The lowest BCUT2D eigenvalue weighted by molar-refractivity contribution is 0.606. The molecule has 0 aliphatic carbocycles. The molecule has 0 spiro atoms. The normalized spacial score (nSPS) is 11.6. The van der Waals surface area contributed by atoms with Gasteiger partial charge in [0.15, 0.2) is 0 Å². The molecular weight excluding hydrogens is 324 g/mol. The van der Waals surface area contributed by atoms with E-state index in [9.17, 15) is 16.8 Å². The summed E-state index contributed by atoms with van der Waals surface area (Å²) in [6.07, 6.45) is 5.39. The molecule has 20 heavy (non-hydrogen) atoms. The van der Waals surface area contributed by atoms with Gasteiger partial charge in [-0.2, -0.15) is 0 Å². The van der Waals surface area contributed by atoms with Gasteiger partial charge in [0.1, 0.15) is 0 Å². The molecule has 1 aromatic carbocycles. The van der Waals surface area contributed by atoms with E-state index in [1.165, 1.54) is 0 Å². The second kappa shape index (κ2) is 6.38. The van der Waals surface area contributed by atoms with Crippen LogP contribution in [-0.4, -0.2) is 34.3 Å². The van der Waals surface area contributed by atoms with Crippen molar-refractivity contribution >= 4 is 46.2 Å². The van der Waals surface area contributed by atoms with Gasteiger partial charge in [-0.3, -0.25) is 9.71 Å². The Hall–Kier alpha value is -1.38. The van der Waals surface area contributed by atoms with E-state index in [2.05, 4.69) is 20.4 Å². The summed E-state index contributed by atoms with van der Waals surface area (Å²) >= 11 is 0. The Labute approximate surface area is 122 Å². The third-order valence-corrected chi connectivity index (χ3v) is 2.57. The molecule has 2 rings (SSSR count). The van der Waals surface area contributed by atoms with E-state index in [1.54, 1.807) is 30.6 Å². The van der Waals surface area contributed by atoms with Crippen LogP contribution < -0.4 is 4.72 Å². The van der Waals surface area contributed by atoms with Crippen molar-refractivity contribution in [2.24, 2.45) is 0 Å². The standard InChI is InChI=1S/C10H10N2O2S.CH3ClO2S/c1-15(13,14)12-10-4-2-3-8-7-11-6-5-9(8)10;1-5(2,3)4/h2-7,12H,1H3;1H3. The van der Waals surface area contributed by atoms with Gasteiger partial charge in [-0.25, -0.2) is 16.8 Å². The molecule has 1 heterocycles. The molecule has 110 valence electrons. The summed E-state index contributed by atoms with van der Waals surface area (Å²) in [5.74, 6) is 0. The zero-order valence-corrected chi connectivity index (χ0v) is 13.1. The highest BCUT2D eigenvalue weighted by atomic mass is 35.7. The zero-order chi connectivity index (χ0) is 15.4. The Balaban J connectivity index is 0.000000347. The number of pyridine rings is 1. The fraction of sp³-hybridized carbons (Fsp3) is 0.182. The van der Waals surface area contributed by atoms with Gasteiger partial charge in [0.2, 0.25) is 19.1 Å². The van der Waals surface area contributed by atoms with Crippen LogP contribution in [-0.2, 0) is 19.1 Å². The molecule has 6 nitrogen and oxygen atoms in total. The van der Waals surface area contributed by atoms with Crippen LogP contribution in [0.25, 0.3) is 10.8 Å². The second-order valence-electron chi connectivity index (χ2n) is 3.96. The largest absolute Gasteiger partial charge is 0.283 e. The highest BCUT2D eigenvalue weighted by molar-refractivity contribution is 8.13. The monoisotopic (exact) mass is 336 g/mol. The van der Waals surface area contributed by atoms with E-state index in [4.69, 9.17) is 0 Å². The molecule has 0 aliphatic heterocycles. The highest BCUT2D eigenvalue weighted by Crippen LogP contribution is 2.22. The van der Waals surface area contributed by atoms with Crippen LogP contribution in [0.15, 0.2) is 36.7 Å². The maximum Gasteiger partial charge on any atom is 0.229 e. The van der Waals surface area contributed by atoms with Gasteiger partial charge >= 0.3 is 0 Å². The summed E-state index contributed by atoms with van der Waals surface area (Å²) in [7, 11) is -1.93. The number of hydrogen-bond acceptors (Lipinski definition) is 5. The average Bonchev–Trinajstić information content (AvgIpc) is 2.25. The number of nitrogens with zero attached hydrogens (tertiary/aromatic N) is 1. The minimum atomic E-state index is -3.24. The quantitative estimate of drug-likeness (QED) is 0.844. The number of fused-ring (bicyclic) bond motifs is 1. The van der Waals surface area contributed by atoms with Gasteiger partial charge in [0.25, 0.3) is 0 Å². The minimum absolute atomic E-state index is 0.581. The summed E-state index contributed by atoms with van der Waals surface area (Å²) in [6.45, 7) is 0. The first-order chi connectivity index (χ1) is 9.06. The number of nitrogens with one attached hydrogen (secondary N) is 1. The van der Waals surface area contributed by atoms with E-state index in [1.807, 2.05) is 6.07 Å². The van der Waals surface area contributed by atoms with Gasteiger partial charge < -0.3 is 0 Å². The third kappa shape index (κ3) is 6.69. The second-order valence-corrected chi connectivity index (χ2v) is 8.75. The topological polar surface area (TPSA) is 93.2 Å². The van der Waals surface area contributed by atoms with Crippen molar-refractivity contribution in [3.8, 4) is 0 Å². The van der Waals surface area contributed by atoms with E-state index in [-0.39, 0.29) is 0 Å². The maximum atomic E-state index is 11.1. The van der Waals surface area contributed by atoms with E-state index in [0.29, 0.717) is 5.69 Å². The first-order valence-electron chi connectivity index (χ1n) is 5.26. The smallest absolute Gasteiger partial charge is 0.229 e. The molecule has 0 unspecified atom stereocenters. The van der Waals surface area contributed by atoms with Crippen LogP contribution in [0.5, 0.6) is 0 Å². The summed E-state index contributed by atoms with van der Waals surface area (Å²) in [6, 6.07) is 7.18. The SMILES string of the molecule is CS(=O)(=O)Cl.CS(=O)(=O)Nc1cccc2cnccc12.